The van der Waals surface area contributed by atoms with Crippen LogP contribution in [0, 0.1) is 0 Å². The van der Waals surface area contributed by atoms with E-state index in [1.54, 1.807) is 0 Å². The van der Waals surface area contributed by atoms with E-state index in [-0.39, 0.29) is 11.1 Å². The van der Waals surface area contributed by atoms with Crippen LogP contribution in [0.4, 0.5) is 0 Å². The Morgan fingerprint density at radius 3 is 2.78 bits per heavy atom. The van der Waals surface area contributed by atoms with Gasteiger partial charge in [0.2, 0.25) is 0 Å². The third kappa shape index (κ3) is 1.87. The minimum atomic E-state index is -0.381. The van der Waals surface area contributed by atoms with Gasteiger partial charge in [-0.15, -0.1) is 0 Å². The predicted octanol–water partition coefficient (Wildman–Crippen LogP) is 3.11. The van der Waals surface area contributed by atoms with Crippen molar-refractivity contribution in [3.63, 3.8) is 0 Å². The van der Waals surface area contributed by atoms with E-state index in [1.165, 1.54) is 0 Å². The molecule has 4 heteroatoms. The Hall–Kier alpha value is -1.87. The number of halogens is 1. The molecule has 0 fully saturated rings. The Morgan fingerprint density at radius 2 is 2.00 bits per heavy atom. The van der Waals surface area contributed by atoms with Gasteiger partial charge >= 0.3 is 5.97 Å². The number of carbonyl (C=O) groups is 1. The van der Waals surface area contributed by atoms with Crippen LogP contribution in [0.3, 0.4) is 0 Å². The first-order valence-corrected chi connectivity index (χ1v) is 6.05. The first kappa shape index (κ1) is 11.2. The van der Waals surface area contributed by atoms with E-state index >= 15 is 0 Å². The zero-order chi connectivity index (χ0) is 12.5. The van der Waals surface area contributed by atoms with E-state index in [0.29, 0.717) is 18.6 Å². The minimum Gasteiger partial charge on any atom is -0.462 e. The molecule has 0 saturated carbocycles. The van der Waals surface area contributed by atoms with Crippen molar-refractivity contribution in [1.82, 2.24) is 4.98 Å². The zero-order valence-electron chi connectivity index (χ0n) is 9.52. The molecule has 0 amide bonds. The highest BCUT2D eigenvalue weighted by Gasteiger charge is 2.23. The largest absolute Gasteiger partial charge is 0.462 e. The van der Waals surface area contributed by atoms with Crippen LogP contribution in [0.2, 0.25) is 5.15 Å². The van der Waals surface area contributed by atoms with E-state index in [0.717, 1.165) is 16.8 Å². The number of nitrogens with zero attached hydrogens (tertiary/aromatic N) is 1. The van der Waals surface area contributed by atoms with E-state index in [2.05, 4.69) is 4.98 Å². The normalized spacial score (nSPS) is 13.9. The number of pyridine rings is 1. The van der Waals surface area contributed by atoms with Crippen molar-refractivity contribution >= 4 is 17.6 Å². The molecule has 0 saturated heterocycles. The lowest BCUT2D eigenvalue weighted by Crippen LogP contribution is -2.19. The number of fused-ring (bicyclic) bond motifs is 1. The smallest absolute Gasteiger partial charge is 0.341 e. The van der Waals surface area contributed by atoms with Gasteiger partial charge in [-0.1, -0.05) is 41.9 Å². The van der Waals surface area contributed by atoms with Gasteiger partial charge in [-0.3, -0.25) is 0 Å². The van der Waals surface area contributed by atoms with Crippen LogP contribution < -0.4 is 0 Å². The Balaban J connectivity index is 2.15. The summed E-state index contributed by atoms with van der Waals surface area (Å²) in [6.45, 7) is 0.403. The standard InChI is InChI=1S/C14H10ClNO2/c15-13-12-10(6-7-18-14(12)17)8-11(16-13)9-4-2-1-3-5-9/h1-5,8H,6-7H2. The molecule has 0 spiro atoms. The molecule has 0 radical (unpaired) electrons. The molecule has 0 unspecified atom stereocenters. The second kappa shape index (κ2) is 4.42. The van der Waals surface area contributed by atoms with Crippen LogP contribution in [0.1, 0.15) is 15.9 Å². The minimum absolute atomic E-state index is 0.219. The van der Waals surface area contributed by atoms with Crippen molar-refractivity contribution in [1.29, 1.82) is 0 Å². The summed E-state index contributed by atoms with van der Waals surface area (Å²) in [5.41, 5.74) is 3.09. The Labute approximate surface area is 109 Å². The number of cyclic esters (lactones) is 1. The highest BCUT2D eigenvalue weighted by Crippen LogP contribution is 2.28. The molecule has 18 heavy (non-hydrogen) atoms. The van der Waals surface area contributed by atoms with Crippen LogP contribution in [0.15, 0.2) is 36.4 Å². The maximum atomic E-state index is 11.6. The van der Waals surface area contributed by atoms with Crippen LogP contribution >= 0.6 is 11.6 Å². The van der Waals surface area contributed by atoms with Crippen molar-refractivity contribution in [2.24, 2.45) is 0 Å². The molecule has 3 nitrogen and oxygen atoms in total. The molecule has 2 heterocycles. The van der Waals surface area contributed by atoms with E-state index in [4.69, 9.17) is 16.3 Å². The van der Waals surface area contributed by atoms with Gasteiger partial charge in [0, 0.05) is 12.0 Å². The van der Waals surface area contributed by atoms with Gasteiger partial charge in [0.15, 0.2) is 0 Å². The number of aromatic nitrogens is 1. The number of rotatable bonds is 1. The molecule has 0 N–H and O–H groups in total. The van der Waals surface area contributed by atoms with Gasteiger partial charge in [-0.05, 0) is 11.6 Å². The molecule has 1 aliphatic rings. The Kier molecular flexibility index (Phi) is 2.76. The Bertz CT molecular complexity index is 611. The SMILES string of the molecule is O=C1OCCc2cc(-c3ccccc3)nc(Cl)c21. The van der Waals surface area contributed by atoms with Gasteiger partial charge in [0.1, 0.15) is 10.7 Å². The summed E-state index contributed by atoms with van der Waals surface area (Å²) in [7, 11) is 0. The third-order valence-electron chi connectivity index (χ3n) is 2.94. The summed E-state index contributed by atoms with van der Waals surface area (Å²) >= 11 is 6.08. The van der Waals surface area contributed by atoms with Crippen LogP contribution in [0.25, 0.3) is 11.3 Å². The number of carbonyl (C=O) groups excluding carboxylic acids is 1. The van der Waals surface area contributed by atoms with Crippen LogP contribution in [-0.2, 0) is 11.2 Å². The molecule has 2 aromatic rings. The topological polar surface area (TPSA) is 39.2 Å². The Morgan fingerprint density at radius 1 is 1.22 bits per heavy atom. The second-order valence-corrected chi connectivity index (χ2v) is 4.44. The number of hydrogen-bond donors (Lipinski definition) is 0. The van der Waals surface area contributed by atoms with Gasteiger partial charge in [-0.2, -0.15) is 0 Å². The van der Waals surface area contributed by atoms with E-state index in [1.807, 2.05) is 36.4 Å². The van der Waals surface area contributed by atoms with Gasteiger partial charge < -0.3 is 4.74 Å². The maximum absolute atomic E-state index is 11.6. The van der Waals surface area contributed by atoms with Crippen molar-refractivity contribution in [3.05, 3.63) is 52.7 Å². The fraction of sp³-hybridized carbons (Fsp3) is 0.143. The summed E-state index contributed by atoms with van der Waals surface area (Å²) in [6.07, 6.45) is 0.684. The van der Waals surface area contributed by atoms with Gasteiger partial charge in [-0.25, -0.2) is 9.78 Å². The average Bonchev–Trinajstić information content (AvgIpc) is 2.39. The summed E-state index contributed by atoms with van der Waals surface area (Å²) < 4.78 is 4.97. The zero-order valence-corrected chi connectivity index (χ0v) is 10.3. The molecule has 0 aliphatic carbocycles. The van der Waals surface area contributed by atoms with Gasteiger partial charge in [0.25, 0.3) is 0 Å². The molecule has 1 aromatic heterocycles. The number of esters is 1. The van der Waals surface area contributed by atoms with Crippen molar-refractivity contribution in [2.45, 2.75) is 6.42 Å². The average molecular weight is 260 g/mol. The quantitative estimate of drug-likeness (QED) is 0.583. The number of hydrogen-bond acceptors (Lipinski definition) is 3. The molecule has 3 rings (SSSR count). The van der Waals surface area contributed by atoms with E-state index in [9.17, 15) is 4.79 Å². The highest BCUT2D eigenvalue weighted by atomic mass is 35.5. The van der Waals surface area contributed by atoms with Crippen LogP contribution in [-0.4, -0.2) is 17.6 Å². The summed E-state index contributed by atoms with van der Waals surface area (Å²) in [5, 5.41) is 0.219. The highest BCUT2D eigenvalue weighted by molar-refractivity contribution is 6.32. The van der Waals surface area contributed by atoms with E-state index < -0.39 is 0 Å². The fourth-order valence-corrected chi connectivity index (χ4v) is 2.35. The summed E-state index contributed by atoms with van der Waals surface area (Å²) in [5.74, 6) is -0.381. The second-order valence-electron chi connectivity index (χ2n) is 4.08. The van der Waals surface area contributed by atoms with Crippen molar-refractivity contribution < 1.29 is 9.53 Å². The molecule has 0 atom stereocenters. The van der Waals surface area contributed by atoms with Gasteiger partial charge in [0.05, 0.1) is 12.3 Å². The monoisotopic (exact) mass is 259 g/mol. The summed E-state index contributed by atoms with van der Waals surface area (Å²) in [6, 6.07) is 11.7. The number of ether oxygens (including phenoxy) is 1. The molecule has 1 aliphatic heterocycles. The lowest BCUT2D eigenvalue weighted by molar-refractivity contribution is 0.0480. The molecule has 1 aromatic carbocycles. The number of benzene rings is 1. The summed E-state index contributed by atoms with van der Waals surface area (Å²) in [4.78, 5) is 15.9. The van der Waals surface area contributed by atoms with Crippen LogP contribution in [0.5, 0.6) is 0 Å². The first-order chi connectivity index (χ1) is 8.75. The predicted molar refractivity (Wildman–Crippen MR) is 68.7 cm³/mol. The molecular formula is C14H10ClNO2. The van der Waals surface area contributed by atoms with Crippen molar-refractivity contribution in [3.8, 4) is 11.3 Å². The molecular weight excluding hydrogens is 250 g/mol. The fourth-order valence-electron chi connectivity index (χ4n) is 2.06. The first-order valence-electron chi connectivity index (χ1n) is 5.67. The maximum Gasteiger partial charge on any atom is 0.341 e. The third-order valence-corrected chi connectivity index (χ3v) is 3.21. The lowest BCUT2D eigenvalue weighted by atomic mass is 10.0. The molecule has 90 valence electrons. The molecule has 0 bridgehead atoms. The van der Waals surface area contributed by atoms with Crippen molar-refractivity contribution in [2.75, 3.05) is 6.61 Å². The lowest BCUT2D eigenvalue weighted by Gasteiger charge is -2.17.